The number of hydrogen-bond donors (Lipinski definition) is 0. The largest absolute Gasteiger partial charge is 0.333 e. The van der Waals surface area contributed by atoms with Crippen LogP contribution in [-0.2, 0) is 6.42 Å². The zero-order valence-corrected chi connectivity index (χ0v) is 11.8. The van der Waals surface area contributed by atoms with Gasteiger partial charge in [-0.3, -0.25) is 0 Å². The highest BCUT2D eigenvalue weighted by atomic mass is 15.0. The Morgan fingerprint density at radius 2 is 2.05 bits per heavy atom. The lowest BCUT2D eigenvalue weighted by Gasteiger charge is -2.21. The summed E-state index contributed by atoms with van der Waals surface area (Å²) in [4.78, 5) is 0. The van der Waals surface area contributed by atoms with Crippen molar-refractivity contribution in [3.63, 3.8) is 0 Å². The third-order valence-corrected chi connectivity index (χ3v) is 4.40. The Labute approximate surface area is 124 Å². The minimum absolute atomic E-state index is 0.237. The summed E-state index contributed by atoms with van der Waals surface area (Å²) in [6.07, 6.45) is 13.8. The zero-order valence-electron chi connectivity index (χ0n) is 11.8. The monoisotopic (exact) mass is 272 g/mol. The van der Waals surface area contributed by atoms with E-state index in [0.717, 1.165) is 24.8 Å². The van der Waals surface area contributed by atoms with E-state index in [4.69, 9.17) is 5.26 Å². The standard InChI is InChI=1S/C19H16N2/c20-13-14-6-5-7-15(12-14)21-18-10-3-1-8-16(18)17-9-2-4-11-19(17)21/h1,3-6,8,10-12,15H,2,7,9H2. The van der Waals surface area contributed by atoms with Crippen LogP contribution in [0.4, 0.5) is 0 Å². The molecular formula is C19H16N2. The highest BCUT2D eigenvalue weighted by Crippen LogP contribution is 2.36. The van der Waals surface area contributed by atoms with Gasteiger partial charge < -0.3 is 4.57 Å². The molecule has 0 bridgehead atoms. The number of benzene rings is 1. The number of aryl methyl sites for hydroxylation is 1. The molecule has 0 N–H and O–H groups in total. The van der Waals surface area contributed by atoms with Gasteiger partial charge in [0.25, 0.3) is 0 Å². The third kappa shape index (κ3) is 1.86. The molecule has 0 amide bonds. The third-order valence-electron chi connectivity index (χ3n) is 4.40. The Hall–Kier alpha value is -2.53. The van der Waals surface area contributed by atoms with E-state index in [1.54, 1.807) is 0 Å². The SMILES string of the molecule is N#CC1=CC(n2c3c(c4ccccc42)CCC=C3)CC=C1. The lowest BCUT2D eigenvalue weighted by Crippen LogP contribution is -2.11. The molecule has 21 heavy (non-hydrogen) atoms. The van der Waals surface area contributed by atoms with Crippen molar-refractivity contribution in [1.82, 2.24) is 4.57 Å². The lowest BCUT2D eigenvalue weighted by atomic mass is 10.00. The van der Waals surface area contributed by atoms with E-state index in [9.17, 15) is 0 Å². The molecule has 1 heterocycles. The molecule has 2 aliphatic rings. The van der Waals surface area contributed by atoms with Crippen LogP contribution in [-0.4, -0.2) is 4.57 Å². The molecule has 1 aromatic carbocycles. The predicted octanol–water partition coefficient (Wildman–Crippen LogP) is 4.55. The number of nitrogens with zero attached hydrogens (tertiary/aromatic N) is 2. The fraction of sp³-hybridized carbons (Fsp3) is 0.211. The summed E-state index contributed by atoms with van der Waals surface area (Å²) in [6.45, 7) is 0. The summed E-state index contributed by atoms with van der Waals surface area (Å²) in [5.41, 5.74) is 4.81. The van der Waals surface area contributed by atoms with Crippen LogP contribution < -0.4 is 0 Å². The van der Waals surface area contributed by atoms with Crippen molar-refractivity contribution in [2.24, 2.45) is 0 Å². The van der Waals surface area contributed by atoms with Crippen LogP contribution >= 0.6 is 0 Å². The van der Waals surface area contributed by atoms with Gasteiger partial charge in [0.05, 0.1) is 12.1 Å². The molecule has 0 fully saturated rings. The summed E-state index contributed by atoms with van der Waals surface area (Å²) in [6, 6.07) is 11.1. The van der Waals surface area contributed by atoms with Gasteiger partial charge in [-0.15, -0.1) is 0 Å². The van der Waals surface area contributed by atoms with Crippen LogP contribution in [0.2, 0.25) is 0 Å². The van der Waals surface area contributed by atoms with Gasteiger partial charge in [-0.1, -0.05) is 30.4 Å². The minimum atomic E-state index is 0.237. The van der Waals surface area contributed by atoms with Gasteiger partial charge in [0.1, 0.15) is 0 Å². The summed E-state index contributed by atoms with van der Waals surface area (Å²) in [5.74, 6) is 0. The molecule has 4 rings (SSSR count). The number of aromatic nitrogens is 1. The first kappa shape index (κ1) is 12.2. The van der Waals surface area contributed by atoms with Crippen LogP contribution in [0.5, 0.6) is 0 Å². The van der Waals surface area contributed by atoms with Crippen LogP contribution in [0.3, 0.4) is 0 Å². The van der Waals surface area contributed by atoms with Gasteiger partial charge in [0.2, 0.25) is 0 Å². The van der Waals surface area contributed by atoms with E-state index in [1.165, 1.54) is 22.2 Å². The van der Waals surface area contributed by atoms with Crippen molar-refractivity contribution < 1.29 is 0 Å². The number of fused-ring (bicyclic) bond motifs is 3. The maximum absolute atomic E-state index is 9.17. The normalized spacial score (nSPS) is 20.1. The smallest absolute Gasteiger partial charge is 0.0988 e. The van der Waals surface area contributed by atoms with Crippen molar-refractivity contribution in [3.8, 4) is 6.07 Å². The zero-order chi connectivity index (χ0) is 14.2. The minimum Gasteiger partial charge on any atom is -0.333 e. The molecule has 0 aliphatic heterocycles. The van der Waals surface area contributed by atoms with Crippen LogP contribution in [0.1, 0.15) is 30.1 Å². The van der Waals surface area contributed by atoms with Crippen molar-refractivity contribution >= 4 is 17.0 Å². The van der Waals surface area contributed by atoms with Crippen LogP contribution in [0, 0.1) is 11.3 Å². The highest BCUT2D eigenvalue weighted by Gasteiger charge is 2.21. The number of nitriles is 1. The molecule has 1 unspecified atom stereocenters. The molecule has 2 heteroatoms. The van der Waals surface area contributed by atoms with Gasteiger partial charge in [-0.2, -0.15) is 5.26 Å². The van der Waals surface area contributed by atoms with E-state index in [1.807, 2.05) is 6.08 Å². The quantitative estimate of drug-likeness (QED) is 0.748. The summed E-state index contributed by atoms with van der Waals surface area (Å²) >= 11 is 0. The van der Waals surface area contributed by atoms with Crippen molar-refractivity contribution in [2.75, 3.05) is 0 Å². The molecular weight excluding hydrogens is 256 g/mol. The molecule has 1 aromatic heterocycles. The van der Waals surface area contributed by atoms with Gasteiger partial charge in [-0.25, -0.2) is 0 Å². The first-order chi connectivity index (χ1) is 10.4. The predicted molar refractivity (Wildman–Crippen MR) is 85.8 cm³/mol. The van der Waals surface area contributed by atoms with Crippen molar-refractivity contribution in [2.45, 2.75) is 25.3 Å². The van der Waals surface area contributed by atoms with Crippen LogP contribution in [0.25, 0.3) is 17.0 Å². The van der Waals surface area contributed by atoms with Gasteiger partial charge >= 0.3 is 0 Å². The average Bonchev–Trinajstić information content (AvgIpc) is 2.89. The van der Waals surface area contributed by atoms with Gasteiger partial charge in [0.15, 0.2) is 0 Å². The summed E-state index contributed by atoms with van der Waals surface area (Å²) < 4.78 is 2.40. The number of allylic oxidation sites excluding steroid dienone is 5. The Kier molecular flexibility index (Phi) is 2.79. The van der Waals surface area contributed by atoms with E-state index < -0.39 is 0 Å². The van der Waals surface area contributed by atoms with E-state index in [2.05, 4.69) is 59.2 Å². The maximum Gasteiger partial charge on any atom is 0.0988 e. The number of para-hydroxylation sites is 1. The van der Waals surface area contributed by atoms with Gasteiger partial charge in [0, 0.05) is 22.2 Å². The second-order valence-electron chi connectivity index (χ2n) is 5.63. The summed E-state index contributed by atoms with van der Waals surface area (Å²) in [5, 5.41) is 10.5. The second-order valence-corrected chi connectivity index (χ2v) is 5.63. The maximum atomic E-state index is 9.17. The Balaban J connectivity index is 1.98. The molecule has 0 radical (unpaired) electrons. The molecule has 0 spiro atoms. The molecule has 102 valence electrons. The molecule has 2 aromatic rings. The first-order valence-corrected chi connectivity index (χ1v) is 7.45. The molecule has 0 saturated carbocycles. The summed E-state index contributed by atoms with van der Waals surface area (Å²) in [7, 11) is 0. The van der Waals surface area contributed by atoms with E-state index in [-0.39, 0.29) is 6.04 Å². The van der Waals surface area contributed by atoms with Crippen LogP contribution in [0.15, 0.2) is 54.1 Å². The number of hydrogen-bond acceptors (Lipinski definition) is 1. The number of rotatable bonds is 1. The molecule has 1 atom stereocenters. The van der Waals surface area contributed by atoms with Gasteiger partial charge in [-0.05, 0) is 49.1 Å². The lowest BCUT2D eigenvalue weighted by molar-refractivity contribution is 0.619. The molecule has 2 aliphatic carbocycles. The Morgan fingerprint density at radius 3 is 2.95 bits per heavy atom. The fourth-order valence-electron chi connectivity index (χ4n) is 3.50. The van der Waals surface area contributed by atoms with E-state index in [0.29, 0.717) is 0 Å². The topological polar surface area (TPSA) is 28.7 Å². The Bertz CT molecular complexity index is 840. The second kappa shape index (κ2) is 4.79. The van der Waals surface area contributed by atoms with Crippen molar-refractivity contribution in [1.29, 1.82) is 5.26 Å². The van der Waals surface area contributed by atoms with E-state index >= 15 is 0 Å². The Morgan fingerprint density at radius 1 is 1.14 bits per heavy atom. The first-order valence-electron chi connectivity index (χ1n) is 7.45. The molecule has 2 nitrogen and oxygen atoms in total. The fourth-order valence-corrected chi connectivity index (χ4v) is 3.50. The average molecular weight is 272 g/mol. The molecule has 0 saturated heterocycles. The van der Waals surface area contributed by atoms with Crippen molar-refractivity contribution in [3.05, 3.63) is 65.4 Å². The highest BCUT2D eigenvalue weighted by molar-refractivity contribution is 5.89.